The summed E-state index contributed by atoms with van der Waals surface area (Å²) in [5, 5.41) is 11.1. The largest absolute Gasteiger partial charge is 0.381 e. The molecule has 0 aliphatic rings. The summed E-state index contributed by atoms with van der Waals surface area (Å²) in [6.45, 7) is 0.534. The Balaban J connectivity index is 2.46. The maximum Gasteiger partial charge on any atom is 0.126 e. The number of hydrogen-bond donors (Lipinski definition) is 2. The van der Waals surface area contributed by atoms with Gasteiger partial charge in [-0.05, 0) is 18.1 Å². The van der Waals surface area contributed by atoms with Crippen LogP contribution in [0, 0.1) is 5.82 Å². The maximum atomic E-state index is 12.9. The van der Waals surface area contributed by atoms with Gasteiger partial charge in [0.05, 0.1) is 6.73 Å². The fraction of sp³-hybridized carbons (Fsp3) is 0.333. The molecule has 66 valence electrons. The van der Waals surface area contributed by atoms with E-state index in [4.69, 9.17) is 5.11 Å². The molecule has 1 rings (SSSR count). The first-order chi connectivity index (χ1) is 5.84. The first-order valence-corrected chi connectivity index (χ1v) is 3.89. The van der Waals surface area contributed by atoms with Crippen molar-refractivity contribution in [2.45, 2.75) is 6.42 Å². The molecule has 0 aliphatic carbocycles. The molecule has 0 spiro atoms. The maximum absolute atomic E-state index is 12.9. The lowest BCUT2D eigenvalue weighted by Crippen LogP contribution is -2.18. The molecule has 0 saturated heterocycles. The van der Waals surface area contributed by atoms with E-state index in [2.05, 4.69) is 5.32 Å². The van der Waals surface area contributed by atoms with E-state index in [9.17, 15) is 4.39 Å². The van der Waals surface area contributed by atoms with Crippen molar-refractivity contribution in [1.29, 1.82) is 0 Å². The van der Waals surface area contributed by atoms with E-state index in [1.54, 1.807) is 18.2 Å². The monoisotopic (exact) mass is 169 g/mol. The SMILES string of the molecule is OCNCCc1ccccc1F. The zero-order valence-electron chi connectivity index (χ0n) is 6.76. The zero-order chi connectivity index (χ0) is 8.81. The van der Waals surface area contributed by atoms with Crippen molar-refractivity contribution in [3.63, 3.8) is 0 Å². The average molecular weight is 169 g/mol. The molecule has 0 amide bonds. The van der Waals surface area contributed by atoms with Gasteiger partial charge in [-0.25, -0.2) is 4.39 Å². The predicted octanol–water partition coefficient (Wildman–Crippen LogP) is 0.908. The fourth-order valence-corrected chi connectivity index (χ4v) is 1.00. The molecule has 0 heterocycles. The van der Waals surface area contributed by atoms with Gasteiger partial charge in [0.1, 0.15) is 5.82 Å². The van der Waals surface area contributed by atoms with Crippen LogP contribution in [0.5, 0.6) is 0 Å². The van der Waals surface area contributed by atoms with E-state index in [-0.39, 0.29) is 12.5 Å². The van der Waals surface area contributed by atoms with Crippen LogP contribution in [0.25, 0.3) is 0 Å². The Morgan fingerprint density at radius 1 is 1.33 bits per heavy atom. The van der Waals surface area contributed by atoms with Gasteiger partial charge in [0, 0.05) is 6.54 Å². The van der Waals surface area contributed by atoms with Crippen molar-refractivity contribution >= 4 is 0 Å². The zero-order valence-corrected chi connectivity index (χ0v) is 6.76. The number of aliphatic hydroxyl groups excluding tert-OH is 1. The summed E-state index contributed by atoms with van der Waals surface area (Å²) < 4.78 is 12.9. The second-order valence-corrected chi connectivity index (χ2v) is 2.50. The Morgan fingerprint density at radius 2 is 2.08 bits per heavy atom. The van der Waals surface area contributed by atoms with Gasteiger partial charge in [-0.2, -0.15) is 0 Å². The van der Waals surface area contributed by atoms with Gasteiger partial charge in [-0.1, -0.05) is 18.2 Å². The van der Waals surface area contributed by atoms with Gasteiger partial charge in [0.2, 0.25) is 0 Å². The van der Waals surface area contributed by atoms with Crippen LogP contribution in [0.2, 0.25) is 0 Å². The molecule has 2 nitrogen and oxygen atoms in total. The first-order valence-electron chi connectivity index (χ1n) is 3.89. The first kappa shape index (κ1) is 9.16. The summed E-state index contributed by atoms with van der Waals surface area (Å²) in [4.78, 5) is 0. The molecule has 0 radical (unpaired) electrons. The van der Waals surface area contributed by atoms with Crippen molar-refractivity contribution in [2.75, 3.05) is 13.3 Å². The highest BCUT2D eigenvalue weighted by atomic mass is 19.1. The van der Waals surface area contributed by atoms with Gasteiger partial charge in [-0.15, -0.1) is 0 Å². The lowest BCUT2D eigenvalue weighted by atomic mass is 10.1. The fourth-order valence-electron chi connectivity index (χ4n) is 1.00. The highest BCUT2D eigenvalue weighted by molar-refractivity contribution is 5.17. The highest BCUT2D eigenvalue weighted by Gasteiger charge is 1.98. The summed E-state index contributed by atoms with van der Waals surface area (Å²) in [5.74, 6) is -0.183. The van der Waals surface area contributed by atoms with Gasteiger partial charge in [0.25, 0.3) is 0 Å². The number of rotatable bonds is 4. The second kappa shape index (κ2) is 4.85. The van der Waals surface area contributed by atoms with E-state index < -0.39 is 0 Å². The Bertz CT molecular complexity index is 240. The highest BCUT2D eigenvalue weighted by Crippen LogP contribution is 2.05. The molecule has 0 unspecified atom stereocenters. The van der Waals surface area contributed by atoms with Crippen LogP contribution in [-0.4, -0.2) is 18.4 Å². The van der Waals surface area contributed by atoms with E-state index in [1.165, 1.54) is 6.07 Å². The minimum atomic E-state index is -0.183. The standard InChI is InChI=1S/C9H12FNO/c10-9-4-2-1-3-8(9)5-6-11-7-12/h1-4,11-12H,5-7H2. The van der Waals surface area contributed by atoms with Crippen molar-refractivity contribution in [3.05, 3.63) is 35.6 Å². The Hall–Kier alpha value is -0.930. The average Bonchev–Trinajstić information content (AvgIpc) is 2.09. The molecule has 0 aliphatic heterocycles. The molecule has 12 heavy (non-hydrogen) atoms. The Morgan fingerprint density at radius 3 is 2.75 bits per heavy atom. The number of benzene rings is 1. The third kappa shape index (κ3) is 2.60. The Kier molecular flexibility index (Phi) is 3.70. The molecule has 2 N–H and O–H groups in total. The number of halogens is 1. The third-order valence-electron chi connectivity index (χ3n) is 1.64. The smallest absolute Gasteiger partial charge is 0.126 e. The van der Waals surface area contributed by atoms with Crippen molar-refractivity contribution < 1.29 is 9.50 Å². The van der Waals surface area contributed by atoms with Crippen molar-refractivity contribution in [1.82, 2.24) is 5.32 Å². The van der Waals surface area contributed by atoms with Crippen molar-refractivity contribution in [3.8, 4) is 0 Å². The van der Waals surface area contributed by atoms with Crippen molar-refractivity contribution in [2.24, 2.45) is 0 Å². The minimum Gasteiger partial charge on any atom is -0.381 e. The molecule has 3 heteroatoms. The molecule has 0 aromatic heterocycles. The molecule has 0 atom stereocenters. The van der Waals surface area contributed by atoms with E-state index in [0.717, 1.165) is 0 Å². The van der Waals surface area contributed by atoms with Crippen LogP contribution in [0.15, 0.2) is 24.3 Å². The topological polar surface area (TPSA) is 32.3 Å². The molecule has 0 saturated carbocycles. The molecule has 1 aromatic rings. The predicted molar refractivity (Wildman–Crippen MR) is 45.2 cm³/mol. The lowest BCUT2D eigenvalue weighted by Gasteiger charge is -2.02. The summed E-state index contributed by atoms with van der Waals surface area (Å²) in [6, 6.07) is 6.65. The number of aliphatic hydroxyl groups is 1. The lowest BCUT2D eigenvalue weighted by molar-refractivity contribution is 0.262. The summed E-state index contributed by atoms with van der Waals surface area (Å²) >= 11 is 0. The molecular weight excluding hydrogens is 157 g/mol. The van der Waals surface area contributed by atoms with Crippen LogP contribution in [0.3, 0.4) is 0 Å². The normalized spacial score (nSPS) is 10.2. The molecular formula is C9H12FNO. The second-order valence-electron chi connectivity index (χ2n) is 2.50. The van der Waals surface area contributed by atoms with Crippen LogP contribution >= 0.6 is 0 Å². The molecule has 1 aromatic carbocycles. The number of hydrogen-bond acceptors (Lipinski definition) is 2. The van der Waals surface area contributed by atoms with Gasteiger partial charge in [0.15, 0.2) is 0 Å². The quantitative estimate of drug-likeness (QED) is 0.518. The van der Waals surface area contributed by atoms with Gasteiger partial charge < -0.3 is 5.11 Å². The van der Waals surface area contributed by atoms with E-state index >= 15 is 0 Å². The summed E-state index contributed by atoms with van der Waals surface area (Å²) in [5.41, 5.74) is 0.679. The number of nitrogens with one attached hydrogen (secondary N) is 1. The summed E-state index contributed by atoms with van der Waals surface area (Å²) in [6.07, 6.45) is 0.604. The molecule has 0 fully saturated rings. The molecule has 0 bridgehead atoms. The Labute approximate surface area is 71.0 Å². The summed E-state index contributed by atoms with van der Waals surface area (Å²) in [7, 11) is 0. The van der Waals surface area contributed by atoms with E-state index in [0.29, 0.717) is 18.5 Å². The third-order valence-corrected chi connectivity index (χ3v) is 1.64. The van der Waals surface area contributed by atoms with Crippen LogP contribution in [-0.2, 0) is 6.42 Å². The van der Waals surface area contributed by atoms with E-state index in [1.807, 2.05) is 0 Å². The van der Waals surface area contributed by atoms with Crippen LogP contribution < -0.4 is 5.32 Å². The van der Waals surface area contributed by atoms with Gasteiger partial charge >= 0.3 is 0 Å². The van der Waals surface area contributed by atoms with Gasteiger partial charge in [-0.3, -0.25) is 5.32 Å². The van der Waals surface area contributed by atoms with Crippen LogP contribution in [0.1, 0.15) is 5.56 Å². The van der Waals surface area contributed by atoms with Crippen LogP contribution in [0.4, 0.5) is 4.39 Å². The minimum absolute atomic E-state index is 0.0611.